The van der Waals surface area contributed by atoms with Crippen molar-refractivity contribution in [2.45, 2.75) is 24.8 Å². The minimum atomic E-state index is -3.41. The van der Waals surface area contributed by atoms with Crippen molar-refractivity contribution in [1.29, 1.82) is 0 Å². The number of rotatable bonds is 3. The molecular weight excluding hydrogens is 268 g/mol. The molecule has 0 fully saturated rings. The van der Waals surface area contributed by atoms with Crippen LogP contribution in [0.25, 0.3) is 0 Å². The number of pyridine rings is 1. The number of hydrogen-bond acceptors (Lipinski definition) is 3. The molecule has 0 aliphatic rings. The summed E-state index contributed by atoms with van der Waals surface area (Å²) in [6.45, 7) is 3.54. The average Bonchev–Trinajstić information content (AvgIpc) is 2.02. The third kappa shape index (κ3) is 3.04. The molecule has 0 saturated carbocycles. The molecule has 0 amide bonds. The molecule has 14 heavy (non-hydrogen) atoms. The molecule has 78 valence electrons. The van der Waals surface area contributed by atoms with Crippen molar-refractivity contribution < 1.29 is 8.42 Å². The van der Waals surface area contributed by atoms with Crippen LogP contribution in [0.3, 0.4) is 0 Å². The Balaban J connectivity index is 2.99. The summed E-state index contributed by atoms with van der Waals surface area (Å²) in [7, 11) is -3.41. The molecule has 1 rings (SSSR count). The fraction of sp³-hybridized carbons (Fsp3) is 0.375. The van der Waals surface area contributed by atoms with Gasteiger partial charge in [-0.3, -0.25) is 0 Å². The summed E-state index contributed by atoms with van der Waals surface area (Å²) in [5, 5.41) is 0. The second kappa shape index (κ2) is 4.37. The van der Waals surface area contributed by atoms with Crippen LogP contribution in [0.5, 0.6) is 0 Å². The summed E-state index contributed by atoms with van der Waals surface area (Å²) in [6, 6.07) is 2.97. The van der Waals surface area contributed by atoms with Gasteiger partial charge in [0, 0.05) is 12.2 Å². The first-order valence-electron chi connectivity index (χ1n) is 4.06. The number of aromatic nitrogens is 1. The predicted octanol–water partition coefficient (Wildman–Crippen LogP) is 1.53. The van der Waals surface area contributed by atoms with Crippen molar-refractivity contribution >= 4 is 26.0 Å². The second-order valence-corrected chi connectivity index (χ2v) is 5.62. The highest BCUT2D eigenvalue weighted by Crippen LogP contribution is 2.11. The molecule has 0 aromatic carbocycles. The Morgan fingerprint density at radius 1 is 1.43 bits per heavy atom. The van der Waals surface area contributed by atoms with Crippen LogP contribution in [0, 0.1) is 0 Å². The number of halogens is 1. The lowest BCUT2D eigenvalue weighted by Gasteiger charge is -2.08. The van der Waals surface area contributed by atoms with Crippen molar-refractivity contribution in [2.75, 3.05) is 0 Å². The Hall–Kier alpha value is -0.460. The second-order valence-electron chi connectivity index (χ2n) is 3.09. The van der Waals surface area contributed by atoms with E-state index in [2.05, 4.69) is 25.6 Å². The Labute approximate surface area is 91.9 Å². The van der Waals surface area contributed by atoms with Crippen LogP contribution >= 0.6 is 15.9 Å². The van der Waals surface area contributed by atoms with Gasteiger partial charge in [0.05, 0.1) is 0 Å². The van der Waals surface area contributed by atoms with Gasteiger partial charge < -0.3 is 0 Å². The van der Waals surface area contributed by atoms with Gasteiger partial charge >= 0.3 is 0 Å². The third-order valence-corrected chi connectivity index (χ3v) is 3.51. The van der Waals surface area contributed by atoms with Gasteiger partial charge in [0.15, 0.2) is 0 Å². The van der Waals surface area contributed by atoms with E-state index < -0.39 is 10.0 Å². The van der Waals surface area contributed by atoms with Crippen LogP contribution in [0.2, 0.25) is 0 Å². The molecule has 4 nitrogen and oxygen atoms in total. The molecular formula is C8H11BrN2O2S. The lowest BCUT2D eigenvalue weighted by molar-refractivity contribution is 0.569. The van der Waals surface area contributed by atoms with Crippen LogP contribution < -0.4 is 4.72 Å². The quantitative estimate of drug-likeness (QED) is 0.854. The van der Waals surface area contributed by atoms with E-state index in [0.717, 1.165) is 0 Å². The molecule has 0 aliphatic carbocycles. The standard InChI is InChI=1S/C8H11BrN2O2S/c1-6(2)11-14(12,13)7-3-4-8(9)10-5-7/h3-6,11H,1-2H3. The van der Waals surface area contributed by atoms with Crippen molar-refractivity contribution in [3.63, 3.8) is 0 Å². The van der Waals surface area contributed by atoms with E-state index in [-0.39, 0.29) is 10.9 Å². The SMILES string of the molecule is CC(C)NS(=O)(=O)c1ccc(Br)nc1. The fourth-order valence-electron chi connectivity index (χ4n) is 0.900. The predicted molar refractivity (Wildman–Crippen MR) is 57.4 cm³/mol. The summed E-state index contributed by atoms with van der Waals surface area (Å²) in [5.74, 6) is 0. The maximum atomic E-state index is 11.6. The first-order chi connectivity index (χ1) is 6.42. The van der Waals surface area contributed by atoms with Crippen molar-refractivity contribution in [3.05, 3.63) is 22.9 Å². The Morgan fingerprint density at radius 3 is 2.50 bits per heavy atom. The summed E-state index contributed by atoms with van der Waals surface area (Å²) in [5.41, 5.74) is 0. The topological polar surface area (TPSA) is 59.1 Å². The third-order valence-electron chi connectivity index (χ3n) is 1.40. The molecule has 1 aromatic rings. The van der Waals surface area contributed by atoms with E-state index in [1.165, 1.54) is 12.3 Å². The van der Waals surface area contributed by atoms with Gasteiger partial charge in [-0.2, -0.15) is 0 Å². The molecule has 0 radical (unpaired) electrons. The molecule has 6 heteroatoms. The van der Waals surface area contributed by atoms with E-state index in [0.29, 0.717) is 4.60 Å². The van der Waals surface area contributed by atoms with Crippen molar-refractivity contribution in [1.82, 2.24) is 9.71 Å². The average molecular weight is 279 g/mol. The number of sulfonamides is 1. The van der Waals surface area contributed by atoms with Crippen LogP contribution in [0.15, 0.2) is 27.8 Å². The van der Waals surface area contributed by atoms with Crippen molar-refractivity contribution in [2.24, 2.45) is 0 Å². The minimum Gasteiger partial charge on any atom is -0.248 e. The fourth-order valence-corrected chi connectivity index (χ4v) is 2.33. The Morgan fingerprint density at radius 2 is 2.07 bits per heavy atom. The number of nitrogens with one attached hydrogen (secondary N) is 1. The van der Waals surface area contributed by atoms with Gasteiger partial charge in [-0.1, -0.05) is 0 Å². The first kappa shape index (κ1) is 11.6. The summed E-state index contributed by atoms with van der Waals surface area (Å²) in [6.07, 6.45) is 1.31. The van der Waals surface area contributed by atoms with Gasteiger partial charge in [0.1, 0.15) is 9.50 Å². The maximum Gasteiger partial charge on any atom is 0.242 e. The summed E-state index contributed by atoms with van der Waals surface area (Å²) >= 11 is 3.14. The zero-order valence-corrected chi connectivity index (χ0v) is 10.3. The van der Waals surface area contributed by atoms with E-state index in [4.69, 9.17) is 0 Å². The molecule has 1 heterocycles. The number of nitrogens with zero attached hydrogens (tertiary/aromatic N) is 1. The van der Waals surface area contributed by atoms with Crippen LogP contribution in [-0.4, -0.2) is 19.4 Å². The largest absolute Gasteiger partial charge is 0.248 e. The molecule has 0 aliphatic heterocycles. The normalized spacial score (nSPS) is 12.0. The summed E-state index contributed by atoms with van der Waals surface area (Å²) in [4.78, 5) is 4.03. The molecule has 0 atom stereocenters. The maximum absolute atomic E-state index is 11.6. The Bertz CT molecular complexity index is 400. The van der Waals surface area contributed by atoms with Crippen LogP contribution in [0.1, 0.15) is 13.8 Å². The van der Waals surface area contributed by atoms with Gasteiger partial charge in [0.25, 0.3) is 0 Å². The smallest absolute Gasteiger partial charge is 0.242 e. The highest BCUT2D eigenvalue weighted by atomic mass is 79.9. The first-order valence-corrected chi connectivity index (χ1v) is 6.33. The van der Waals surface area contributed by atoms with E-state index in [9.17, 15) is 8.42 Å². The molecule has 1 aromatic heterocycles. The highest BCUT2D eigenvalue weighted by molar-refractivity contribution is 9.10. The monoisotopic (exact) mass is 278 g/mol. The lowest BCUT2D eigenvalue weighted by Crippen LogP contribution is -2.30. The minimum absolute atomic E-state index is 0.122. The van der Waals surface area contributed by atoms with Crippen LogP contribution in [0.4, 0.5) is 0 Å². The zero-order valence-electron chi connectivity index (χ0n) is 7.86. The van der Waals surface area contributed by atoms with Gasteiger partial charge in [0.2, 0.25) is 10.0 Å². The van der Waals surface area contributed by atoms with E-state index in [1.54, 1.807) is 19.9 Å². The molecule has 0 saturated heterocycles. The van der Waals surface area contributed by atoms with Crippen LogP contribution in [-0.2, 0) is 10.0 Å². The highest BCUT2D eigenvalue weighted by Gasteiger charge is 2.14. The molecule has 1 N–H and O–H groups in total. The molecule has 0 unspecified atom stereocenters. The molecule has 0 bridgehead atoms. The van der Waals surface area contributed by atoms with Crippen molar-refractivity contribution in [3.8, 4) is 0 Å². The van der Waals surface area contributed by atoms with E-state index in [1.807, 2.05) is 0 Å². The molecule has 0 spiro atoms. The Kier molecular flexibility index (Phi) is 3.63. The van der Waals surface area contributed by atoms with Gasteiger partial charge in [-0.15, -0.1) is 0 Å². The van der Waals surface area contributed by atoms with Gasteiger partial charge in [-0.25, -0.2) is 18.1 Å². The lowest BCUT2D eigenvalue weighted by atomic mass is 10.4. The van der Waals surface area contributed by atoms with E-state index >= 15 is 0 Å². The zero-order chi connectivity index (χ0) is 10.8. The van der Waals surface area contributed by atoms with Gasteiger partial charge in [-0.05, 0) is 41.9 Å². The summed E-state index contributed by atoms with van der Waals surface area (Å²) < 4.78 is 26.3. The number of hydrogen-bond donors (Lipinski definition) is 1.